The molecule has 0 aliphatic carbocycles. The Kier molecular flexibility index (Phi) is 6.31. The highest BCUT2D eigenvalue weighted by molar-refractivity contribution is 6.12. The van der Waals surface area contributed by atoms with Crippen molar-refractivity contribution < 1.29 is 14.7 Å². The van der Waals surface area contributed by atoms with E-state index in [2.05, 4.69) is 20.7 Å². The van der Waals surface area contributed by atoms with Crippen molar-refractivity contribution in [2.45, 2.75) is 26.2 Å². The van der Waals surface area contributed by atoms with E-state index in [1.807, 2.05) is 56.3 Å². The van der Waals surface area contributed by atoms with Gasteiger partial charge in [-0.25, -0.2) is 0 Å². The molecule has 2 heterocycles. The van der Waals surface area contributed by atoms with E-state index in [1.165, 1.54) is 0 Å². The van der Waals surface area contributed by atoms with Crippen molar-refractivity contribution in [2.75, 3.05) is 10.6 Å². The van der Waals surface area contributed by atoms with Crippen LogP contribution in [0, 0.1) is 13.8 Å². The van der Waals surface area contributed by atoms with Crippen LogP contribution in [0.5, 0.6) is 5.75 Å². The number of rotatable bonds is 6. The third kappa shape index (κ3) is 5.13. The summed E-state index contributed by atoms with van der Waals surface area (Å²) in [5, 5.41) is 20.0. The Morgan fingerprint density at radius 2 is 1.92 bits per heavy atom. The number of hydrogen-bond donors (Lipinski definition) is 3. The number of aromatic hydroxyl groups is 1. The lowest BCUT2D eigenvalue weighted by Crippen LogP contribution is -2.16. The number of aromatic nitrogens is 2. The number of anilines is 2. The molecular weight excluding hydrogens is 466 g/mol. The van der Waals surface area contributed by atoms with Crippen molar-refractivity contribution >= 4 is 35.1 Å². The molecule has 4 aromatic rings. The fraction of sp³-hybridized carbons (Fsp3) is 0.172. The molecule has 0 radical (unpaired) electrons. The zero-order valence-electron chi connectivity index (χ0n) is 20.8. The number of hydrogen-bond acceptors (Lipinski definition) is 5. The average Bonchev–Trinajstić information content (AvgIpc) is 3.36. The van der Waals surface area contributed by atoms with Gasteiger partial charge in [0.1, 0.15) is 17.4 Å². The van der Waals surface area contributed by atoms with Gasteiger partial charge in [-0.2, -0.15) is 5.10 Å². The summed E-state index contributed by atoms with van der Waals surface area (Å²) in [6.07, 6.45) is 2.25. The van der Waals surface area contributed by atoms with Gasteiger partial charge in [0, 0.05) is 30.7 Å². The lowest BCUT2D eigenvalue weighted by Gasteiger charge is -2.10. The van der Waals surface area contributed by atoms with Gasteiger partial charge in [-0.05, 0) is 72.9 Å². The first-order valence-electron chi connectivity index (χ1n) is 12.0. The average molecular weight is 494 g/mol. The standard InChI is InChI=1S/C29H27N5O3/c1-17-7-9-21(15-27(17)35)30-16-24-23-14-20(8-10-25(23)32-28(24)36)12-19-5-4-6-22(13-19)31-29(37)26-11-18(2)33-34(26)3/h4-11,13-16,24,35H,12H2,1-3H3,(H,31,37)(H,32,36). The number of aryl methyl sites for hydroxylation is 3. The van der Waals surface area contributed by atoms with Crippen molar-refractivity contribution in [2.24, 2.45) is 12.0 Å². The van der Waals surface area contributed by atoms with Crippen molar-refractivity contribution in [3.8, 4) is 5.75 Å². The molecule has 0 saturated carbocycles. The molecule has 8 nitrogen and oxygen atoms in total. The van der Waals surface area contributed by atoms with Crippen molar-refractivity contribution in [3.05, 3.63) is 100 Å². The topological polar surface area (TPSA) is 109 Å². The normalized spacial score (nSPS) is 14.6. The lowest BCUT2D eigenvalue weighted by molar-refractivity contribution is -0.115. The fourth-order valence-corrected chi connectivity index (χ4v) is 4.44. The maximum Gasteiger partial charge on any atom is 0.273 e. The summed E-state index contributed by atoms with van der Waals surface area (Å²) in [5.74, 6) is -0.706. The van der Waals surface area contributed by atoms with Gasteiger partial charge < -0.3 is 15.7 Å². The number of nitrogens with zero attached hydrogens (tertiary/aromatic N) is 3. The highest BCUT2D eigenvalue weighted by Gasteiger charge is 2.29. The van der Waals surface area contributed by atoms with Gasteiger partial charge in [0.05, 0.1) is 11.4 Å². The molecule has 1 atom stereocenters. The molecule has 1 aliphatic rings. The number of phenols is 1. The third-order valence-corrected chi connectivity index (χ3v) is 6.38. The minimum absolute atomic E-state index is 0.137. The molecule has 1 aliphatic heterocycles. The van der Waals surface area contributed by atoms with E-state index in [9.17, 15) is 14.7 Å². The number of amides is 2. The van der Waals surface area contributed by atoms with Gasteiger partial charge in [-0.15, -0.1) is 0 Å². The van der Waals surface area contributed by atoms with Crippen LogP contribution in [0.15, 0.2) is 71.7 Å². The second-order valence-electron chi connectivity index (χ2n) is 9.26. The highest BCUT2D eigenvalue weighted by Crippen LogP contribution is 2.34. The molecule has 8 heteroatoms. The van der Waals surface area contributed by atoms with Crippen LogP contribution in [-0.2, 0) is 18.3 Å². The van der Waals surface area contributed by atoms with Gasteiger partial charge in [-0.3, -0.25) is 19.3 Å². The summed E-state index contributed by atoms with van der Waals surface area (Å²) < 4.78 is 1.57. The fourth-order valence-electron chi connectivity index (χ4n) is 4.44. The highest BCUT2D eigenvalue weighted by atomic mass is 16.3. The quantitative estimate of drug-likeness (QED) is 0.328. The van der Waals surface area contributed by atoms with Gasteiger partial charge in [0.15, 0.2) is 0 Å². The van der Waals surface area contributed by atoms with E-state index < -0.39 is 5.92 Å². The number of aliphatic imine (C=N–C) groups is 1. The number of fused-ring (bicyclic) bond motifs is 1. The largest absolute Gasteiger partial charge is 0.508 e. The minimum Gasteiger partial charge on any atom is -0.508 e. The SMILES string of the molecule is Cc1cc(C(=O)Nc2cccc(Cc3ccc4c(c3)C(C=Nc3ccc(C)c(O)c3)C(=O)N4)c2)n(C)n1. The number of carbonyl (C=O) groups excluding carboxylic acids is 2. The summed E-state index contributed by atoms with van der Waals surface area (Å²) in [5.41, 5.74) is 7.01. The number of nitrogens with one attached hydrogen (secondary N) is 2. The molecule has 3 N–H and O–H groups in total. The zero-order chi connectivity index (χ0) is 26.1. The second kappa shape index (κ2) is 9.73. The van der Waals surface area contributed by atoms with Gasteiger partial charge in [-0.1, -0.05) is 30.3 Å². The molecule has 0 fully saturated rings. The van der Waals surface area contributed by atoms with Crippen LogP contribution < -0.4 is 10.6 Å². The summed E-state index contributed by atoms with van der Waals surface area (Å²) in [6.45, 7) is 3.66. The van der Waals surface area contributed by atoms with Crippen LogP contribution in [0.1, 0.15) is 44.4 Å². The summed E-state index contributed by atoms with van der Waals surface area (Å²) >= 11 is 0. The Hall–Kier alpha value is -4.72. The molecule has 37 heavy (non-hydrogen) atoms. The Labute approximate surface area is 214 Å². The smallest absolute Gasteiger partial charge is 0.273 e. The number of carbonyl (C=O) groups is 2. The van der Waals surface area contributed by atoms with Crippen LogP contribution in [0.25, 0.3) is 0 Å². The molecule has 1 aromatic heterocycles. The molecule has 5 rings (SSSR count). The molecule has 2 amide bonds. The van der Waals surface area contributed by atoms with Crippen molar-refractivity contribution in [1.29, 1.82) is 0 Å². The first kappa shape index (κ1) is 24.0. The first-order valence-corrected chi connectivity index (χ1v) is 12.0. The summed E-state index contributed by atoms with van der Waals surface area (Å²) in [6, 6.07) is 20.5. The first-order chi connectivity index (χ1) is 17.8. The van der Waals surface area contributed by atoms with E-state index in [0.717, 1.165) is 33.6 Å². The summed E-state index contributed by atoms with van der Waals surface area (Å²) in [7, 11) is 1.74. The Bertz CT molecular complexity index is 1550. The second-order valence-corrected chi connectivity index (χ2v) is 9.26. The van der Waals surface area contributed by atoms with Gasteiger partial charge in [0.25, 0.3) is 5.91 Å². The van der Waals surface area contributed by atoms with E-state index in [1.54, 1.807) is 42.2 Å². The predicted molar refractivity (Wildman–Crippen MR) is 144 cm³/mol. The van der Waals surface area contributed by atoms with Crippen LogP contribution in [0.2, 0.25) is 0 Å². The maximum absolute atomic E-state index is 12.7. The minimum atomic E-state index is -0.522. The van der Waals surface area contributed by atoms with Crippen LogP contribution in [0.3, 0.4) is 0 Å². The lowest BCUT2D eigenvalue weighted by atomic mass is 9.96. The molecule has 0 spiro atoms. The molecule has 0 bridgehead atoms. The van der Waals surface area contributed by atoms with Crippen molar-refractivity contribution in [3.63, 3.8) is 0 Å². The van der Waals surface area contributed by atoms with Crippen LogP contribution in [-0.4, -0.2) is 32.9 Å². The Morgan fingerprint density at radius 3 is 2.68 bits per heavy atom. The maximum atomic E-state index is 12.7. The third-order valence-electron chi connectivity index (χ3n) is 6.38. The predicted octanol–water partition coefficient (Wildman–Crippen LogP) is 5.02. The number of benzene rings is 3. The van der Waals surface area contributed by atoms with Crippen molar-refractivity contribution in [1.82, 2.24) is 9.78 Å². The van der Waals surface area contributed by atoms with E-state index >= 15 is 0 Å². The monoisotopic (exact) mass is 493 g/mol. The van der Waals surface area contributed by atoms with Gasteiger partial charge in [0.2, 0.25) is 5.91 Å². The molecule has 0 saturated heterocycles. The van der Waals surface area contributed by atoms with Crippen LogP contribution >= 0.6 is 0 Å². The Morgan fingerprint density at radius 1 is 1.11 bits per heavy atom. The zero-order valence-corrected chi connectivity index (χ0v) is 20.8. The van der Waals surface area contributed by atoms with E-state index in [-0.39, 0.29) is 17.6 Å². The molecule has 186 valence electrons. The van der Waals surface area contributed by atoms with E-state index in [0.29, 0.717) is 23.5 Å². The Balaban J connectivity index is 1.33. The molecular formula is C29H27N5O3. The number of phenolic OH excluding ortho intramolecular Hbond substituents is 1. The van der Waals surface area contributed by atoms with Gasteiger partial charge >= 0.3 is 0 Å². The van der Waals surface area contributed by atoms with Crippen LogP contribution in [0.4, 0.5) is 17.1 Å². The van der Waals surface area contributed by atoms with E-state index in [4.69, 9.17) is 0 Å². The molecule has 1 unspecified atom stereocenters. The summed E-state index contributed by atoms with van der Waals surface area (Å²) in [4.78, 5) is 29.7. The molecule has 3 aromatic carbocycles.